The normalized spacial score (nSPS) is 10.4. The Hall–Kier alpha value is -2.11. The van der Waals surface area contributed by atoms with Gasteiger partial charge in [-0.15, -0.1) is 0 Å². The number of amides is 2. The molecule has 6 heteroatoms. The van der Waals surface area contributed by atoms with Crippen LogP contribution < -0.4 is 0 Å². The Morgan fingerprint density at radius 3 is 2.60 bits per heavy atom. The monoisotopic (exact) mass is 279 g/mol. The molecule has 0 aliphatic rings. The minimum Gasteiger partial charge on any atom is -0.481 e. The Bertz CT molecular complexity index is 448. The molecule has 1 heterocycles. The summed E-state index contributed by atoms with van der Waals surface area (Å²) in [7, 11) is 1.70. The van der Waals surface area contributed by atoms with Crippen molar-refractivity contribution in [3.05, 3.63) is 30.1 Å². The molecule has 1 rings (SSSR count). The van der Waals surface area contributed by atoms with Crippen molar-refractivity contribution in [2.24, 2.45) is 0 Å². The number of nitrogens with zero attached hydrogens (tertiary/aromatic N) is 3. The Morgan fingerprint density at radius 2 is 2.10 bits per heavy atom. The third kappa shape index (κ3) is 4.87. The van der Waals surface area contributed by atoms with Gasteiger partial charge in [0.25, 0.3) is 0 Å². The average Bonchev–Trinajstić information content (AvgIpc) is 2.39. The second-order valence-electron chi connectivity index (χ2n) is 4.93. The van der Waals surface area contributed by atoms with Gasteiger partial charge in [-0.05, 0) is 25.5 Å². The molecule has 0 fully saturated rings. The van der Waals surface area contributed by atoms with Crippen molar-refractivity contribution in [3.8, 4) is 0 Å². The fourth-order valence-electron chi connectivity index (χ4n) is 1.84. The van der Waals surface area contributed by atoms with Crippen LogP contribution in [0.5, 0.6) is 0 Å². The fourth-order valence-corrected chi connectivity index (χ4v) is 1.84. The lowest BCUT2D eigenvalue weighted by Crippen LogP contribution is -2.45. The molecule has 20 heavy (non-hydrogen) atoms. The number of carbonyl (C=O) groups is 2. The number of aliphatic carboxylic acids is 1. The van der Waals surface area contributed by atoms with Crippen LogP contribution >= 0.6 is 0 Å². The second kappa shape index (κ2) is 7.47. The van der Waals surface area contributed by atoms with E-state index < -0.39 is 5.97 Å². The summed E-state index contributed by atoms with van der Waals surface area (Å²) in [5, 5.41) is 8.74. The fraction of sp³-hybridized carbons (Fsp3) is 0.500. The average molecular weight is 279 g/mol. The zero-order chi connectivity index (χ0) is 15.1. The number of hydrogen-bond donors (Lipinski definition) is 1. The van der Waals surface area contributed by atoms with Gasteiger partial charge in [-0.1, -0.05) is 6.07 Å². The van der Waals surface area contributed by atoms with Crippen molar-refractivity contribution in [2.45, 2.75) is 32.9 Å². The Labute approximate surface area is 119 Å². The molecule has 0 bridgehead atoms. The molecule has 0 saturated heterocycles. The molecule has 0 aliphatic heterocycles. The third-order valence-corrected chi connectivity index (χ3v) is 2.90. The maximum Gasteiger partial charge on any atom is 0.320 e. The number of urea groups is 1. The van der Waals surface area contributed by atoms with Gasteiger partial charge in [0.2, 0.25) is 0 Å². The summed E-state index contributed by atoms with van der Waals surface area (Å²) in [6, 6.07) is 3.50. The van der Waals surface area contributed by atoms with E-state index in [1.807, 2.05) is 26.0 Å². The molecule has 0 saturated carbocycles. The summed E-state index contributed by atoms with van der Waals surface area (Å²) in [6.45, 7) is 4.40. The summed E-state index contributed by atoms with van der Waals surface area (Å²) in [4.78, 5) is 30.1. The third-order valence-electron chi connectivity index (χ3n) is 2.90. The number of rotatable bonds is 6. The van der Waals surface area contributed by atoms with Crippen molar-refractivity contribution in [1.82, 2.24) is 14.8 Å². The van der Waals surface area contributed by atoms with Crippen LogP contribution in [0, 0.1) is 0 Å². The molecule has 1 aromatic rings. The highest BCUT2D eigenvalue weighted by atomic mass is 16.4. The highest BCUT2D eigenvalue weighted by molar-refractivity contribution is 5.75. The van der Waals surface area contributed by atoms with E-state index in [2.05, 4.69) is 4.98 Å². The summed E-state index contributed by atoms with van der Waals surface area (Å²) in [5.41, 5.74) is 0.935. The molecule has 0 aromatic carbocycles. The van der Waals surface area contributed by atoms with Crippen molar-refractivity contribution in [2.75, 3.05) is 13.6 Å². The Balaban J connectivity index is 2.66. The van der Waals surface area contributed by atoms with Crippen LogP contribution in [0.15, 0.2) is 24.5 Å². The van der Waals surface area contributed by atoms with E-state index in [1.54, 1.807) is 29.2 Å². The molecule has 6 nitrogen and oxygen atoms in total. The van der Waals surface area contributed by atoms with Crippen LogP contribution in [0.25, 0.3) is 0 Å². The van der Waals surface area contributed by atoms with Crippen LogP contribution in [-0.4, -0.2) is 51.5 Å². The number of carboxylic acid groups (broad SMARTS) is 1. The topological polar surface area (TPSA) is 73.7 Å². The quantitative estimate of drug-likeness (QED) is 0.862. The van der Waals surface area contributed by atoms with E-state index in [4.69, 9.17) is 5.11 Å². The molecule has 0 unspecified atom stereocenters. The van der Waals surface area contributed by atoms with Gasteiger partial charge in [-0.2, -0.15) is 0 Å². The Morgan fingerprint density at radius 1 is 1.40 bits per heavy atom. The zero-order valence-electron chi connectivity index (χ0n) is 12.1. The highest BCUT2D eigenvalue weighted by Crippen LogP contribution is 2.08. The maximum absolute atomic E-state index is 12.3. The van der Waals surface area contributed by atoms with E-state index in [-0.39, 0.29) is 25.0 Å². The summed E-state index contributed by atoms with van der Waals surface area (Å²) < 4.78 is 0. The summed E-state index contributed by atoms with van der Waals surface area (Å²) >= 11 is 0. The first-order valence-electron chi connectivity index (χ1n) is 6.54. The van der Waals surface area contributed by atoms with Gasteiger partial charge in [0.05, 0.1) is 6.42 Å². The minimum absolute atomic E-state index is 0.0433. The second-order valence-corrected chi connectivity index (χ2v) is 4.93. The lowest BCUT2D eigenvalue weighted by Gasteiger charge is -2.31. The first-order valence-corrected chi connectivity index (χ1v) is 6.54. The van der Waals surface area contributed by atoms with Crippen molar-refractivity contribution >= 4 is 12.0 Å². The van der Waals surface area contributed by atoms with Crippen LogP contribution in [0.3, 0.4) is 0 Å². The van der Waals surface area contributed by atoms with Gasteiger partial charge >= 0.3 is 12.0 Å². The largest absolute Gasteiger partial charge is 0.481 e. The van der Waals surface area contributed by atoms with E-state index in [1.165, 1.54) is 0 Å². The molecule has 1 N–H and O–H groups in total. The van der Waals surface area contributed by atoms with E-state index in [0.29, 0.717) is 6.54 Å². The van der Waals surface area contributed by atoms with Crippen LogP contribution in [0.1, 0.15) is 25.8 Å². The first kappa shape index (κ1) is 15.9. The highest BCUT2D eigenvalue weighted by Gasteiger charge is 2.21. The SMILES string of the molecule is CC(C)N(CCC(=O)O)C(=O)N(C)Cc1cccnc1. The molecule has 0 radical (unpaired) electrons. The van der Waals surface area contributed by atoms with Crippen molar-refractivity contribution in [3.63, 3.8) is 0 Å². The standard InChI is InChI=1S/C14H21N3O3/c1-11(2)17(8-6-13(18)19)14(20)16(3)10-12-5-4-7-15-9-12/h4-5,7,9,11H,6,8,10H2,1-3H3,(H,18,19). The lowest BCUT2D eigenvalue weighted by atomic mass is 10.2. The molecule has 2 amide bonds. The molecule has 1 aromatic heterocycles. The molecular weight excluding hydrogens is 258 g/mol. The smallest absolute Gasteiger partial charge is 0.320 e. The number of carboxylic acids is 1. The predicted molar refractivity (Wildman–Crippen MR) is 75.2 cm³/mol. The number of hydrogen-bond acceptors (Lipinski definition) is 3. The number of carbonyl (C=O) groups excluding carboxylic acids is 1. The molecule has 0 atom stereocenters. The molecular formula is C14H21N3O3. The van der Waals surface area contributed by atoms with Crippen LogP contribution in [-0.2, 0) is 11.3 Å². The number of aromatic nitrogens is 1. The van der Waals surface area contributed by atoms with E-state index in [0.717, 1.165) is 5.56 Å². The van der Waals surface area contributed by atoms with Gasteiger partial charge in [-0.3, -0.25) is 9.78 Å². The summed E-state index contributed by atoms with van der Waals surface area (Å²) in [5.74, 6) is -0.904. The minimum atomic E-state index is -0.904. The van der Waals surface area contributed by atoms with Crippen molar-refractivity contribution < 1.29 is 14.7 Å². The lowest BCUT2D eigenvalue weighted by molar-refractivity contribution is -0.137. The van der Waals surface area contributed by atoms with E-state index >= 15 is 0 Å². The number of pyridine rings is 1. The van der Waals surface area contributed by atoms with Gasteiger partial charge in [-0.25, -0.2) is 4.79 Å². The van der Waals surface area contributed by atoms with Gasteiger partial charge in [0.1, 0.15) is 0 Å². The van der Waals surface area contributed by atoms with Crippen molar-refractivity contribution in [1.29, 1.82) is 0 Å². The van der Waals surface area contributed by atoms with Gasteiger partial charge in [0, 0.05) is 38.6 Å². The van der Waals surface area contributed by atoms with Gasteiger partial charge < -0.3 is 14.9 Å². The first-order chi connectivity index (χ1) is 9.41. The van der Waals surface area contributed by atoms with Gasteiger partial charge in [0.15, 0.2) is 0 Å². The zero-order valence-corrected chi connectivity index (χ0v) is 12.1. The van der Waals surface area contributed by atoms with Crippen LogP contribution in [0.2, 0.25) is 0 Å². The summed E-state index contributed by atoms with van der Waals surface area (Å²) in [6.07, 6.45) is 3.34. The molecule has 0 spiro atoms. The molecule has 110 valence electrons. The molecule has 0 aliphatic carbocycles. The predicted octanol–water partition coefficient (Wildman–Crippen LogP) is 1.82. The van der Waals surface area contributed by atoms with Crippen LogP contribution in [0.4, 0.5) is 4.79 Å². The Kier molecular flexibility index (Phi) is 5.96. The maximum atomic E-state index is 12.3. The van der Waals surface area contributed by atoms with E-state index in [9.17, 15) is 9.59 Å².